The molecule has 4 N–H and O–H groups in total. The molecule has 0 bridgehead atoms. The Morgan fingerprint density at radius 2 is 1.45 bits per heavy atom. The van der Waals surface area contributed by atoms with Gasteiger partial charge in [0.15, 0.2) is 0 Å². The summed E-state index contributed by atoms with van der Waals surface area (Å²) in [6, 6.07) is 5.47. The van der Waals surface area contributed by atoms with Crippen LogP contribution in [0.1, 0.15) is 63.6 Å². The van der Waals surface area contributed by atoms with Gasteiger partial charge in [0.2, 0.25) is 17.7 Å². The predicted molar refractivity (Wildman–Crippen MR) is 154 cm³/mol. The maximum absolute atomic E-state index is 12.0. The Morgan fingerprint density at radius 3 is 2.02 bits per heavy atom. The van der Waals surface area contributed by atoms with E-state index in [-0.39, 0.29) is 31.6 Å². The summed E-state index contributed by atoms with van der Waals surface area (Å²) in [6.45, 7) is 7.79. The van der Waals surface area contributed by atoms with Crippen molar-refractivity contribution in [3.8, 4) is 0 Å². The highest BCUT2D eigenvalue weighted by molar-refractivity contribution is 6.01. The summed E-state index contributed by atoms with van der Waals surface area (Å²) in [6.07, 6.45) is 7.83. The Kier molecular flexibility index (Phi) is 11.2. The SMILES string of the molecule is C=C1CCCC(=O)N1C(Cc1cnc[nH]1)C(=O)O.CC.O=C(O)C(Cc1c[nH]c2ccccc12)N1C(=O)CCCC1=O. The van der Waals surface area contributed by atoms with E-state index in [0.717, 1.165) is 27.8 Å². The van der Waals surface area contributed by atoms with Crippen LogP contribution in [-0.2, 0) is 36.8 Å². The lowest BCUT2D eigenvalue weighted by molar-refractivity contribution is -0.160. The Morgan fingerprint density at radius 1 is 0.881 bits per heavy atom. The Labute approximate surface area is 243 Å². The monoisotopic (exact) mass is 579 g/mol. The molecule has 1 aromatic carbocycles. The summed E-state index contributed by atoms with van der Waals surface area (Å²) >= 11 is 0. The molecule has 3 aromatic rings. The molecular formula is C30H37N5O7. The molecule has 0 spiro atoms. The van der Waals surface area contributed by atoms with Crippen molar-refractivity contribution in [1.29, 1.82) is 0 Å². The van der Waals surface area contributed by atoms with Gasteiger partial charge in [0.25, 0.3) is 0 Å². The molecule has 0 saturated carbocycles. The number of likely N-dealkylation sites (tertiary alicyclic amines) is 2. The lowest BCUT2D eigenvalue weighted by Gasteiger charge is -2.33. The van der Waals surface area contributed by atoms with Gasteiger partial charge in [-0.2, -0.15) is 0 Å². The number of para-hydroxylation sites is 1. The summed E-state index contributed by atoms with van der Waals surface area (Å²) in [5.41, 5.74) is 2.96. The number of aliphatic carboxylic acids is 2. The third kappa shape index (κ3) is 7.50. The van der Waals surface area contributed by atoms with Gasteiger partial charge in [-0.15, -0.1) is 0 Å². The predicted octanol–water partition coefficient (Wildman–Crippen LogP) is 3.66. The highest BCUT2D eigenvalue weighted by Gasteiger charge is 2.37. The normalized spacial score (nSPS) is 16.7. The fourth-order valence-electron chi connectivity index (χ4n) is 5.07. The van der Waals surface area contributed by atoms with Crippen LogP contribution in [0.4, 0.5) is 0 Å². The maximum Gasteiger partial charge on any atom is 0.327 e. The van der Waals surface area contributed by atoms with Crippen LogP contribution < -0.4 is 0 Å². The number of benzene rings is 1. The number of fused-ring (bicyclic) bond motifs is 1. The number of carbonyl (C=O) groups is 5. The lowest BCUT2D eigenvalue weighted by Crippen LogP contribution is -2.51. The fourth-order valence-corrected chi connectivity index (χ4v) is 5.07. The van der Waals surface area contributed by atoms with Gasteiger partial charge < -0.3 is 25.1 Å². The first-order chi connectivity index (χ1) is 20.2. The number of rotatable bonds is 8. The van der Waals surface area contributed by atoms with Crippen LogP contribution in [0.25, 0.3) is 10.9 Å². The Hall–Kier alpha value is -4.74. The Balaban J connectivity index is 0.000000222. The van der Waals surface area contributed by atoms with Crippen molar-refractivity contribution in [3.63, 3.8) is 0 Å². The number of piperidine rings is 2. The highest BCUT2D eigenvalue weighted by Crippen LogP contribution is 2.25. The van der Waals surface area contributed by atoms with Crippen LogP contribution in [0, 0.1) is 0 Å². The molecule has 0 radical (unpaired) electrons. The second-order valence-electron chi connectivity index (χ2n) is 9.75. The molecule has 5 rings (SSSR count). The number of H-pyrrole nitrogens is 2. The van der Waals surface area contributed by atoms with E-state index in [4.69, 9.17) is 0 Å². The number of aromatic nitrogens is 3. The molecule has 2 atom stereocenters. The third-order valence-electron chi connectivity index (χ3n) is 7.03. The van der Waals surface area contributed by atoms with E-state index in [0.29, 0.717) is 30.7 Å². The molecule has 2 aliphatic heterocycles. The van der Waals surface area contributed by atoms with E-state index < -0.39 is 35.8 Å². The van der Waals surface area contributed by atoms with Gasteiger partial charge in [0, 0.05) is 66.8 Å². The zero-order chi connectivity index (χ0) is 30.8. The third-order valence-corrected chi connectivity index (χ3v) is 7.03. The highest BCUT2D eigenvalue weighted by atomic mass is 16.4. The summed E-state index contributed by atoms with van der Waals surface area (Å²) in [4.78, 5) is 70.8. The van der Waals surface area contributed by atoms with Crippen LogP contribution in [0.15, 0.2) is 55.3 Å². The van der Waals surface area contributed by atoms with Crippen LogP contribution in [0.2, 0.25) is 0 Å². The standard InChI is InChI=1S/C16H16N2O4.C12H15N3O3.C2H6/c19-14-6-3-7-15(20)18(14)13(16(21)22)8-10-9-17-12-5-2-1-4-11(10)12;1-8-3-2-4-11(16)15(8)10(12(17)18)5-9-6-13-7-14-9;1-2/h1-2,4-5,9,13,17H,3,6-8H2,(H,21,22);6-7,10H,1-5H2,(H,13,14)(H,17,18);1-2H3. The molecule has 12 nitrogen and oxygen atoms in total. The molecular weight excluding hydrogens is 542 g/mol. The smallest absolute Gasteiger partial charge is 0.327 e. The van der Waals surface area contributed by atoms with Crippen LogP contribution in [0.5, 0.6) is 0 Å². The largest absolute Gasteiger partial charge is 0.480 e. The van der Waals surface area contributed by atoms with Crippen molar-refractivity contribution in [2.75, 3.05) is 0 Å². The minimum Gasteiger partial charge on any atom is -0.480 e. The van der Waals surface area contributed by atoms with Crippen molar-refractivity contribution in [2.24, 2.45) is 0 Å². The molecule has 2 aliphatic rings. The molecule has 224 valence electrons. The van der Waals surface area contributed by atoms with E-state index in [9.17, 15) is 34.2 Å². The van der Waals surface area contributed by atoms with E-state index in [1.54, 1.807) is 12.4 Å². The number of imidazole rings is 1. The van der Waals surface area contributed by atoms with Crippen LogP contribution >= 0.6 is 0 Å². The average molecular weight is 580 g/mol. The van der Waals surface area contributed by atoms with Crippen molar-refractivity contribution in [1.82, 2.24) is 24.8 Å². The van der Waals surface area contributed by atoms with Gasteiger partial charge in [-0.05, 0) is 30.9 Å². The summed E-state index contributed by atoms with van der Waals surface area (Å²) in [5, 5.41) is 19.7. The first-order valence-corrected chi connectivity index (χ1v) is 14.0. The van der Waals surface area contributed by atoms with Gasteiger partial charge in [0.05, 0.1) is 6.33 Å². The molecule has 0 aliphatic carbocycles. The van der Waals surface area contributed by atoms with E-state index in [1.807, 2.05) is 38.1 Å². The second kappa shape index (κ2) is 14.8. The number of hydrogen-bond donors (Lipinski definition) is 4. The second-order valence-corrected chi connectivity index (χ2v) is 9.75. The molecule has 42 heavy (non-hydrogen) atoms. The summed E-state index contributed by atoms with van der Waals surface area (Å²) < 4.78 is 0. The summed E-state index contributed by atoms with van der Waals surface area (Å²) in [5.74, 6) is -3.15. The van der Waals surface area contributed by atoms with Gasteiger partial charge in [-0.1, -0.05) is 38.6 Å². The fraction of sp³-hybridized carbons (Fsp3) is 0.400. The first kappa shape index (κ1) is 31.8. The quantitative estimate of drug-likeness (QED) is 0.292. The van der Waals surface area contributed by atoms with E-state index in [2.05, 4.69) is 21.5 Å². The molecule has 2 fully saturated rings. The zero-order valence-corrected chi connectivity index (χ0v) is 23.8. The first-order valence-electron chi connectivity index (χ1n) is 14.0. The zero-order valence-electron chi connectivity index (χ0n) is 23.8. The van der Waals surface area contributed by atoms with Crippen LogP contribution in [0.3, 0.4) is 0 Å². The van der Waals surface area contributed by atoms with Crippen LogP contribution in [-0.4, -0.2) is 76.7 Å². The number of amides is 3. The molecule has 3 amide bonds. The average Bonchev–Trinajstić information content (AvgIpc) is 3.63. The number of carbonyl (C=O) groups excluding carboxylic acids is 3. The number of carboxylic acid groups (broad SMARTS) is 2. The van der Waals surface area contributed by atoms with Crippen molar-refractivity contribution in [2.45, 2.75) is 77.3 Å². The molecule has 12 heteroatoms. The van der Waals surface area contributed by atoms with Crippen molar-refractivity contribution < 1.29 is 34.2 Å². The number of nitrogens with zero attached hydrogens (tertiary/aromatic N) is 3. The molecule has 2 aromatic heterocycles. The molecule has 2 unspecified atom stereocenters. The van der Waals surface area contributed by atoms with Gasteiger partial charge in [0.1, 0.15) is 12.1 Å². The van der Waals surface area contributed by atoms with Crippen molar-refractivity contribution >= 4 is 40.6 Å². The number of hydrogen-bond acceptors (Lipinski definition) is 6. The molecule has 4 heterocycles. The minimum absolute atomic E-state index is 0.108. The number of carboxylic acids is 2. The maximum atomic E-state index is 12.0. The van der Waals surface area contributed by atoms with Gasteiger partial charge >= 0.3 is 11.9 Å². The minimum atomic E-state index is -1.16. The van der Waals surface area contributed by atoms with E-state index >= 15 is 0 Å². The number of aromatic amines is 2. The van der Waals surface area contributed by atoms with Gasteiger partial charge in [-0.25, -0.2) is 14.6 Å². The molecule has 2 saturated heterocycles. The topological polar surface area (TPSA) is 177 Å². The summed E-state index contributed by atoms with van der Waals surface area (Å²) in [7, 11) is 0. The lowest BCUT2D eigenvalue weighted by atomic mass is 10.0. The number of nitrogens with one attached hydrogen (secondary N) is 2. The van der Waals surface area contributed by atoms with Crippen molar-refractivity contribution in [3.05, 3.63) is 66.5 Å². The van der Waals surface area contributed by atoms with Gasteiger partial charge in [-0.3, -0.25) is 19.3 Å². The van der Waals surface area contributed by atoms with E-state index in [1.165, 1.54) is 11.2 Å². The Bertz CT molecular complexity index is 1400. The number of allylic oxidation sites excluding steroid dienone is 1. The number of imide groups is 1.